The zero-order valence-electron chi connectivity index (χ0n) is 15.8. The smallest absolute Gasteiger partial charge is 0.272 e. The number of rotatable bonds is 4. The van der Waals surface area contributed by atoms with Gasteiger partial charge in [0.1, 0.15) is 17.4 Å². The van der Waals surface area contributed by atoms with Gasteiger partial charge in [-0.2, -0.15) is 10.1 Å². The molecule has 0 aromatic carbocycles. The van der Waals surface area contributed by atoms with Gasteiger partial charge in [0.2, 0.25) is 11.7 Å². The van der Waals surface area contributed by atoms with E-state index in [1.165, 1.54) is 0 Å². The number of H-pyrrole nitrogens is 1. The third-order valence-corrected chi connectivity index (χ3v) is 5.17. The van der Waals surface area contributed by atoms with Gasteiger partial charge in [0, 0.05) is 37.7 Å². The molecule has 1 aliphatic heterocycles. The predicted octanol–water partition coefficient (Wildman–Crippen LogP) is 2.84. The van der Waals surface area contributed by atoms with Crippen LogP contribution >= 0.6 is 0 Å². The molecule has 9 nitrogen and oxygen atoms in total. The van der Waals surface area contributed by atoms with E-state index in [9.17, 15) is 4.79 Å². The number of likely N-dealkylation sites (tertiary alicyclic amines) is 1. The number of aromatic nitrogens is 6. The van der Waals surface area contributed by atoms with Gasteiger partial charge in [-0.3, -0.25) is 14.9 Å². The van der Waals surface area contributed by atoms with E-state index in [0.29, 0.717) is 24.0 Å². The van der Waals surface area contributed by atoms with Crippen LogP contribution in [0, 0.1) is 0 Å². The van der Waals surface area contributed by atoms with Crippen molar-refractivity contribution in [3.05, 3.63) is 60.5 Å². The molecule has 1 N–H and O–H groups in total. The second-order valence-corrected chi connectivity index (χ2v) is 7.03. The van der Waals surface area contributed by atoms with Gasteiger partial charge in [0.05, 0.1) is 5.69 Å². The van der Waals surface area contributed by atoms with Gasteiger partial charge < -0.3 is 14.0 Å². The zero-order chi connectivity index (χ0) is 19.8. The Hall–Kier alpha value is -3.75. The van der Waals surface area contributed by atoms with Crippen molar-refractivity contribution >= 4 is 5.91 Å². The van der Waals surface area contributed by atoms with Gasteiger partial charge >= 0.3 is 0 Å². The van der Waals surface area contributed by atoms with Gasteiger partial charge in [-0.15, -0.1) is 0 Å². The standard InChI is InChI=1S/C20H19N7O2/c1-26-9-3-6-16(26)14-11-15(24-23-14)20(28)27-10-4-7-17(27)19-22-18(25-29-19)13-5-2-8-21-12-13/h2-3,5-6,8-9,11-12,17H,4,7,10H2,1H3,(H,23,24)/t17-/m0/s1. The molecule has 5 heterocycles. The van der Waals surface area contributed by atoms with E-state index in [0.717, 1.165) is 29.8 Å². The summed E-state index contributed by atoms with van der Waals surface area (Å²) in [5.74, 6) is 0.790. The summed E-state index contributed by atoms with van der Waals surface area (Å²) >= 11 is 0. The number of nitrogens with one attached hydrogen (secondary N) is 1. The first kappa shape index (κ1) is 17.4. The van der Waals surface area contributed by atoms with Crippen LogP contribution in [0.5, 0.6) is 0 Å². The molecule has 0 radical (unpaired) electrons. The maximum atomic E-state index is 13.1. The molecule has 1 saturated heterocycles. The molecule has 5 rings (SSSR count). The molecule has 1 amide bonds. The minimum absolute atomic E-state index is 0.124. The topological polar surface area (TPSA) is 106 Å². The molecule has 4 aromatic heterocycles. The van der Waals surface area contributed by atoms with E-state index in [1.807, 2.05) is 42.1 Å². The second kappa shape index (κ2) is 7.01. The number of pyridine rings is 1. The van der Waals surface area contributed by atoms with Crippen LogP contribution in [0.2, 0.25) is 0 Å². The molecule has 0 bridgehead atoms. The van der Waals surface area contributed by atoms with Gasteiger partial charge in [0.15, 0.2) is 0 Å². The highest BCUT2D eigenvalue weighted by molar-refractivity contribution is 5.93. The molecule has 1 aliphatic rings. The quantitative estimate of drug-likeness (QED) is 0.575. The van der Waals surface area contributed by atoms with Crippen molar-refractivity contribution < 1.29 is 9.32 Å². The van der Waals surface area contributed by atoms with Gasteiger partial charge in [-0.25, -0.2) is 0 Å². The Morgan fingerprint density at radius 2 is 2.24 bits per heavy atom. The molecule has 9 heteroatoms. The van der Waals surface area contributed by atoms with Crippen molar-refractivity contribution in [2.75, 3.05) is 6.54 Å². The average molecular weight is 389 g/mol. The first-order valence-corrected chi connectivity index (χ1v) is 9.43. The van der Waals surface area contributed by atoms with Crippen LogP contribution in [-0.4, -0.2) is 47.2 Å². The third-order valence-electron chi connectivity index (χ3n) is 5.17. The van der Waals surface area contributed by atoms with E-state index in [1.54, 1.807) is 23.4 Å². The first-order chi connectivity index (χ1) is 14.2. The normalized spacial score (nSPS) is 16.4. The molecule has 29 heavy (non-hydrogen) atoms. The molecular formula is C20H19N7O2. The highest BCUT2D eigenvalue weighted by Crippen LogP contribution is 2.33. The molecule has 1 fully saturated rings. The fraction of sp³-hybridized carbons (Fsp3) is 0.250. The van der Waals surface area contributed by atoms with Crippen LogP contribution in [-0.2, 0) is 7.05 Å². The van der Waals surface area contributed by atoms with E-state index < -0.39 is 0 Å². The van der Waals surface area contributed by atoms with Crippen LogP contribution in [0.25, 0.3) is 22.8 Å². The van der Waals surface area contributed by atoms with Crippen molar-refractivity contribution in [3.8, 4) is 22.8 Å². The Morgan fingerprint density at radius 3 is 3.03 bits per heavy atom. The first-order valence-electron chi connectivity index (χ1n) is 9.43. The summed E-state index contributed by atoms with van der Waals surface area (Å²) in [7, 11) is 1.94. The largest absolute Gasteiger partial charge is 0.349 e. The van der Waals surface area contributed by atoms with Crippen LogP contribution < -0.4 is 0 Å². The van der Waals surface area contributed by atoms with Gasteiger partial charge in [-0.1, -0.05) is 5.16 Å². The fourth-order valence-corrected chi connectivity index (χ4v) is 3.69. The molecule has 0 spiro atoms. The Kier molecular flexibility index (Phi) is 4.19. The number of hydrogen-bond donors (Lipinski definition) is 1. The minimum atomic E-state index is -0.248. The Labute approximate surface area is 166 Å². The highest BCUT2D eigenvalue weighted by atomic mass is 16.5. The van der Waals surface area contributed by atoms with Gasteiger partial charge in [-0.05, 0) is 43.2 Å². The zero-order valence-corrected chi connectivity index (χ0v) is 15.8. The molecule has 0 unspecified atom stereocenters. The number of carbonyl (C=O) groups excluding carboxylic acids is 1. The summed E-state index contributed by atoms with van der Waals surface area (Å²) in [4.78, 5) is 23.5. The summed E-state index contributed by atoms with van der Waals surface area (Å²) in [5, 5.41) is 11.2. The maximum Gasteiger partial charge on any atom is 0.272 e. The van der Waals surface area contributed by atoms with Crippen LogP contribution in [0.4, 0.5) is 0 Å². The monoisotopic (exact) mass is 389 g/mol. The van der Waals surface area contributed by atoms with Crippen molar-refractivity contribution in [1.29, 1.82) is 0 Å². The lowest BCUT2D eigenvalue weighted by Crippen LogP contribution is -2.31. The number of nitrogens with zero attached hydrogens (tertiary/aromatic N) is 6. The van der Waals surface area contributed by atoms with Crippen molar-refractivity contribution in [3.63, 3.8) is 0 Å². The Morgan fingerprint density at radius 1 is 1.31 bits per heavy atom. The van der Waals surface area contributed by atoms with E-state index in [4.69, 9.17) is 4.52 Å². The summed E-state index contributed by atoms with van der Waals surface area (Å²) in [6, 6.07) is 9.12. The summed E-state index contributed by atoms with van der Waals surface area (Å²) in [5.41, 5.74) is 2.89. The van der Waals surface area contributed by atoms with Crippen LogP contribution in [0.15, 0.2) is 53.4 Å². The van der Waals surface area contributed by atoms with E-state index >= 15 is 0 Å². The maximum absolute atomic E-state index is 13.1. The Bertz CT molecular complexity index is 1140. The van der Waals surface area contributed by atoms with Crippen LogP contribution in [0.3, 0.4) is 0 Å². The molecular weight excluding hydrogens is 370 g/mol. The number of amides is 1. The SMILES string of the molecule is Cn1cccc1-c1cc(C(=O)N2CCC[C@H]2c2nc(-c3cccnc3)no2)[nH]n1. The molecule has 1 atom stereocenters. The molecule has 146 valence electrons. The van der Waals surface area contributed by atoms with E-state index in [-0.39, 0.29) is 11.9 Å². The molecule has 0 saturated carbocycles. The van der Waals surface area contributed by atoms with Crippen molar-refractivity contribution in [2.45, 2.75) is 18.9 Å². The second-order valence-electron chi connectivity index (χ2n) is 7.03. The lowest BCUT2D eigenvalue weighted by molar-refractivity contribution is 0.0704. The lowest BCUT2D eigenvalue weighted by atomic mass is 10.2. The summed E-state index contributed by atoms with van der Waals surface area (Å²) in [6.45, 7) is 0.632. The minimum Gasteiger partial charge on any atom is -0.349 e. The van der Waals surface area contributed by atoms with Crippen molar-refractivity contribution in [1.82, 2.24) is 34.8 Å². The summed E-state index contributed by atoms with van der Waals surface area (Å²) < 4.78 is 7.45. The Balaban J connectivity index is 1.39. The summed E-state index contributed by atoms with van der Waals surface area (Å²) in [6.07, 6.45) is 6.97. The van der Waals surface area contributed by atoms with Crippen LogP contribution in [0.1, 0.15) is 35.3 Å². The molecule has 0 aliphatic carbocycles. The third kappa shape index (κ3) is 3.10. The van der Waals surface area contributed by atoms with Gasteiger partial charge in [0.25, 0.3) is 5.91 Å². The van der Waals surface area contributed by atoms with Crippen molar-refractivity contribution in [2.24, 2.45) is 7.05 Å². The molecule has 4 aromatic rings. The number of aromatic amines is 1. The predicted molar refractivity (Wildman–Crippen MR) is 104 cm³/mol. The number of carbonyl (C=O) groups is 1. The van der Waals surface area contributed by atoms with E-state index in [2.05, 4.69) is 25.3 Å². The lowest BCUT2D eigenvalue weighted by Gasteiger charge is -2.20. The average Bonchev–Trinajstić information content (AvgIpc) is 3.53. The highest BCUT2D eigenvalue weighted by Gasteiger charge is 2.35. The number of hydrogen-bond acceptors (Lipinski definition) is 6. The number of aryl methyl sites for hydroxylation is 1. The fourth-order valence-electron chi connectivity index (χ4n) is 3.69.